The summed E-state index contributed by atoms with van der Waals surface area (Å²) >= 11 is 0. The highest BCUT2D eigenvalue weighted by Gasteiger charge is 2.38. The Labute approximate surface area is 124 Å². The van der Waals surface area contributed by atoms with Crippen molar-refractivity contribution in [1.29, 1.82) is 0 Å². The van der Waals surface area contributed by atoms with E-state index in [1.54, 1.807) is 13.3 Å². The fraction of sp³-hybridized carbons (Fsp3) is 0.438. The Morgan fingerprint density at radius 3 is 2.71 bits per heavy atom. The predicted octanol–water partition coefficient (Wildman–Crippen LogP) is 2.54. The van der Waals surface area contributed by atoms with E-state index in [1.807, 2.05) is 24.5 Å². The highest BCUT2D eigenvalue weighted by molar-refractivity contribution is 5.67. The number of fused-ring (bicyclic) bond motifs is 2. The fourth-order valence-electron chi connectivity index (χ4n) is 3.55. The summed E-state index contributed by atoms with van der Waals surface area (Å²) in [7, 11) is 1.63. The Balaban J connectivity index is 1.62. The van der Waals surface area contributed by atoms with Gasteiger partial charge in [-0.1, -0.05) is 0 Å². The van der Waals surface area contributed by atoms with Crippen LogP contribution in [-0.2, 0) is 0 Å². The minimum Gasteiger partial charge on any atom is -0.481 e. The Morgan fingerprint density at radius 2 is 2.05 bits per heavy atom. The second-order valence-electron chi connectivity index (χ2n) is 5.82. The Morgan fingerprint density at radius 1 is 1.19 bits per heavy atom. The van der Waals surface area contributed by atoms with Gasteiger partial charge in [0.05, 0.1) is 7.11 Å². The summed E-state index contributed by atoms with van der Waals surface area (Å²) in [6, 6.07) is 4.52. The maximum Gasteiger partial charge on any atom is 0.225 e. The summed E-state index contributed by atoms with van der Waals surface area (Å²) in [6.07, 6.45) is 9.42. The molecule has 1 saturated carbocycles. The first kappa shape index (κ1) is 12.6. The summed E-state index contributed by atoms with van der Waals surface area (Å²) in [5.41, 5.74) is 1.86. The van der Waals surface area contributed by atoms with Gasteiger partial charge < -0.3 is 9.64 Å². The molecule has 2 bridgehead atoms. The average molecular weight is 282 g/mol. The maximum absolute atomic E-state index is 5.29. The number of aromatic nitrogens is 3. The van der Waals surface area contributed by atoms with Gasteiger partial charge in [-0.15, -0.1) is 0 Å². The molecule has 5 nitrogen and oxygen atoms in total. The zero-order valence-corrected chi connectivity index (χ0v) is 12.1. The number of nitrogens with zero attached hydrogens (tertiary/aromatic N) is 4. The van der Waals surface area contributed by atoms with Crippen LogP contribution in [0.4, 0.5) is 5.95 Å². The van der Waals surface area contributed by atoms with Gasteiger partial charge >= 0.3 is 0 Å². The minimum atomic E-state index is 0.606. The van der Waals surface area contributed by atoms with Crippen molar-refractivity contribution >= 4 is 5.95 Å². The van der Waals surface area contributed by atoms with E-state index in [9.17, 15) is 0 Å². The third-order valence-corrected chi connectivity index (χ3v) is 4.58. The summed E-state index contributed by atoms with van der Waals surface area (Å²) in [5.74, 6) is 2.31. The molecular formula is C16H18N4O. The maximum atomic E-state index is 5.29. The van der Waals surface area contributed by atoms with E-state index in [0.717, 1.165) is 29.5 Å². The second kappa shape index (κ2) is 4.98. The number of ether oxygens (including phenoxy) is 1. The SMILES string of the molecule is COc1ncccc1-c1cnc(N2CC3CCC2C3)nc1. The van der Waals surface area contributed by atoms with Crippen LogP contribution < -0.4 is 9.64 Å². The van der Waals surface area contributed by atoms with E-state index < -0.39 is 0 Å². The van der Waals surface area contributed by atoms with E-state index >= 15 is 0 Å². The number of piperidine rings is 1. The van der Waals surface area contributed by atoms with Gasteiger partial charge in [0.25, 0.3) is 0 Å². The lowest BCUT2D eigenvalue weighted by Gasteiger charge is -2.26. The summed E-state index contributed by atoms with van der Waals surface area (Å²) in [5, 5.41) is 0. The van der Waals surface area contributed by atoms with Crippen LogP contribution in [0.3, 0.4) is 0 Å². The third kappa shape index (κ3) is 2.13. The van der Waals surface area contributed by atoms with E-state index in [2.05, 4.69) is 19.9 Å². The van der Waals surface area contributed by atoms with Crippen LogP contribution in [-0.4, -0.2) is 34.6 Å². The van der Waals surface area contributed by atoms with Crippen molar-refractivity contribution in [3.63, 3.8) is 0 Å². The van der Waals surface area contributed by atoms with Crippen LogP contribution in [0.1, 0.15) is 19.3 Å². The zero-order chi connectivity index (χ0) is 14.2. The fourth-order valence-corrected chi connectivity index (χ4v) is 3.55. The number of anilines is 1. The number of hydrogen-bond donors (Lipinski definition) is 0. The molecule has 0 spiro atoms. The Kier molecular flexibility index (Phi) is 2.98. The normalized spacial score (nSPS) is 23.6. The van der Waals surface area contributed by atoms with Gasteiger partial charge in [-0.3, -0.25) is 0 Å². The van der Waals surface area contributed by atoms with E-state index in [0.29, 0.717) is 11.9 Å². The zero-order valence-electron chi connectivity index (χ0n) is 12.1. The molecule has 2 fully saturated rings. The first-order valence-electron chi connectivity index (χ1n) is 7.43. The summed E-state index contributed by atoms with van der Waals surface area (Å²) in [4.78, 5) is 15.7. The van der Waals surface area contributed by atoms with Crippen molar-refractivity contribution in [2.24, 2.45) is 5.92 Å². The van der Waals surface area contributed by atoms with Crippen molar-refractivity contribution in [1.82, 2.24) is 15.0 Å². The Bertz CT molecular complexity index is 643. The van der Waals surface area contributed by atoms with Crippen LogP contribution in [0, 0.1) is 5.92 Å². The largest absolute Gasteiger partial charge is 0.481 e. The van der Waals surface area contributed by atoms with Crippen LogP contribution in [0.5, 0.6) is 5.88 Å². The lowest BCUT2D eigenvalue weighted by atomic mass is 10.1. The van der Waals surface area contributed by atoms with Crippen molar-refractivity contribution in [3.8, 4) is 17.0 Å². The molecule has 2 aromatic rings. The van der Waals surface area contributed by atoms with Gasteiger partial charge in [0.1, 0.15) is 0 Å². The molecule has 2 atom stereocenters. The van der Waals surface area contributed by atoms with Crippen molar-refractivity contribution in [3.05, 3.63) is 30.7 Å². The molecule has 2 aromatic heterocycles. The first-order chi connectivity index (χ1) is 10.3. The number of pyridine rings is 1. The second-order valence-corrected chi connectivity index (χ2v) is 5.82. The van der Waals surface area contributed by atoms with Gasteiger partial charge in [-0.05, 0) is 37.3 Å². The van der Waals surface area contributed by atoms with Crippen molar-refractivity contribution < 1.29 is 4.74 Å². The average Bonchev–Trinajstić information content (AvgIpc) is 3.18. The number of rotatable bonds is 3. The topological polar surface area (TPSA) is 51.1 Å². The smallest absolute Gasteiger partial charge is 0.225 e. The van der Waals surface area contributed by atoms with Crippen molar-refractivity contribution in [2.75, 3.05) is 18.6 Å². The molecule has 1 aliphatic carbocycles. The molecule has 108 valence electrons. The molecule has 0 radical (unpaired) electrons. The van der Waals surface area contributed by atoms with Gasteiger partial charge in [-0.2, -0.15) is 0 Å². The van der Waals surface area contributed by atoms with Crippen LogP contribution in [0.2, 0.25) is 0 Å². The van der Waals surface area contributed by atoms with Gasteiger partial charge in [0, 0.05) is 42.3 Å². The quantitative estimate of drug-likeness (QED) is 0.866. The van der Waals surface area contributed by atoms with Gasteiger partial charge in [0.2, 0.25) is 11.8 Å². The molecule has 4 rings (SSSR count). The van der Waals surface area contributed by atoms with Crippen molar-refractivity contribution in [2.45, 2.75) is 25.3 Å². The third-order valence-electron chi connectivity index (χ3n) is 4.58. The molecular weight excluding hydrogens is 264 g/mol. The predicted molar refractivity (Wildman–Crippen MR) is 80.3 cm³/mol. The summed E-state index contributed by atoms with van der Waals surface area (Å²) < 4.78 is 5.29. The highest BCUT2D eigenvalue weighted by Crippen LogP contribution is 2.39. The molecule has 0 N–H and O–H groups in total. The molecule has 2 aliphatic rings. The molecule has 0 amide bonds. The van der Waals surface area contributed by atoms with Gasteiger partial charge in [0.15, 0.2) is 0 Å². The molecule has 3 heterocycles. The summed E-state index contributed by atoms with van der Waals surface area (Å²) in [6.45, 7) is 1.11. The van der Waals surface area contributed by atoms with Gasteiger partial charge in [-0.25, -0.2) is 15.0 Å². The van der Waals surface area contributed by atoms with Crippen LogP contribution in [0.15, 0.2) is 30.7 Å². The molecule has 1 aliphatic heterocycles. The van der Waals surface area contributed by atoms with Crippen LogP contribution in [0.25, 0.3) is 11.1 Å². The molecule has 2 unspecified atom stereocenters. The first-order valence-corrected chi connectivity index (χ1v) is 7.43. The minimum absolute atomic E-state index is 0.606. The standard InChI is InChI=1S/C16H18N4O/c1-21-15-14(3-2-6-17-15)12-8-18-16(19-9-12)20-10-11-4-5-13(20)7-11/h2-3,6,8-9,11,13H,4-5,7,10H2,1H3. The molecule has 21 heavy (non-hydrogen) atoms. The van der Waals surface area contributed by atoms with E-state index in [4.69, 9.17) is 4.74 Å². The molecule has 0 aromatic carbocycles. The monoisotopic (exact) mass is 282 g/mol. The van der Waals surface area contributed by atoms with Crippen LogP contribution >= 0.6 is 0 Å². The lowest BCUT2D eigenvalue weighted by Crippen LogP contribution is -2.33. The van der Waals surface area contributed by atoms with E-state index in [1.165, 1.54) is 19.3 Å². The number of methoxy groups -OCH3 is 1. The Hall–Kier alpha value is -2.17. The highest BCUT2D eigenvalue weighted by atomic mass is 16.5. The lowest BCUT2D eigenvalue weighted by molar-refractivity contribution is 0.399. The molecule has 1 saturated heterocycles. The molecule has 5 heteroatoms. The number of hydrogen-bond acceptors (Lipinski definition) is 5. The van der Waals surface area contributed by atoms with E-state index in [-0.39, 0.29) is 0 Å².